The van der Waals surface area contributed by atoms with E-state index in [-0.39, 0.29) is 0 Å². The number of fused-ring (bicyclic) bond motifs is 1. The van der Waals surface area contributed by atoms with Gasteiger partial charge >= 0.3 is 0 Å². The first-order valence-electron chi connectivity index (χ1n) is 6.93. The van der Waals surface area contributed by atoms with E-state index in [1.165, 1.54) is 0 Å². The van der Waals surface area contributed by atoms with Crippen molar-refractivity contribution < 1.29 is 9.84 Å². The third kappa shape index (κ3) is 3.03. The van der Waals surface area contributed by atoms with Gasteiger partial charge in [0.1, 0.15) is 5.75 Å². The van der Waals surface area contributed by atoms with Gasteiger partial charge < -0.3 is 9.84 Å². The molecule has 1 aliphatic heterocycles. The second kappa shape index (κ2) is 5.88. The van der Waals surface area contributed by atoms with Gasteiger partial charge in [0.2, 0.25) is 0 Å². The summed E-state index contributed by atoms with van der Waals surface area (Å²) in [6.07, 6.45) is 0.625. The van der Waals surface area contributed by atoms with Crippen LogP contribution in [-0.2, 0) is 12.8 Å². The molecule has 2 aromatic carbocycles. The van der Waals surface area contributed by atoms with Crippen LogP contribution in [0.15, 0.2) is 30.3 Å². The van der Waals surface area contributed by atoms with E-state index in [0.29, 0.717) is 23.1 Å². The molecule has 1 N–H and O–H groups in total. The fourth-order valence-corrected chi connectivity index (χ4v) is 3.34. The number of ether oxygens (including phenoxy) is 1. The second-order valence-electron chi connectivity index (χ2n) is 5.40. The van der Waals surface area contributed by atoms with Gasteiger partial charge in [-0.3, -0.25) is 0 Å². The lowest BCUT2D eigenvalue weighted by Gasteiger charge is -2.15. The van der Waals surface area contributed by atoms with E-state index in [9.17, 15) is 5.11 Å². The number of aryl methyl sites for hydroxylation is 1. The van der Waals surface area contributed by atoms with Gasteiger partial charge in [0, 0.05) is 22.9 Å². The molecule has 0 fully saturated rings. The molecule has 110 valence electrons. The Kier molecular flexibility index (Phi) is 4.12. The molecule has 3 rings (SSSR count). The molecule has 0 saturated heterocycles. The minimum atomic E-state index is -0.676. The van der Waals surface area contributed by atoms with Crippen LogP contribution in [0, 0.1) is 6.92 Å². The first-order chi connectivity index (χ1) is 10.0. The number of aliphatic hydroxyl groups excluding tert-OH is 1. The van der Waals surface area contributed by atoms with Crippen molar-refractivity contribution in [3.8, 4) is 5.75 Å². The fraction of sp³-hybridized carbons (Fsp3) is 0.294. The van der Waals surface area contributed by atoms with Crippen molar-refractivity contribution in [1.29, 1.82) is 0 Å². The highest BCUT2D eigenvalue weighted by Crippen LogP contribution is 2.36. The molecule has 2 nitrogen and oxygen atoms in total. The Balaban J connectivity index is 1.90. The Morgan fingerprint density at radius 3 is 2.81 bits per heavy atom. The van der Waals surface area contributed by atoms with Crippen LogP contribution in [0.25, 0.3) is 0 Å². The van der Waals surface area contributed by atoms with Crippen LogP contribution >= 0.6 is 23.2 Å². The van der Waals surface area contributed by atoms with Crippen LogP contribution in [0.3, 0.4) is 0 Å². The zero-order chi connectivity index (χ0) is 15.0. The Labute approximate surface area is 134 Å². The van der Waals surface area contributed by atoms with E-state index >= 15 is 0 Å². The van der Waals surface area contributed by atoms with Crippen LogP contribution in [0.1, 0.15) is 28.4 Å². The van der Waals surface area contributed by atoms with Gasteiger partial charge in [0.25, 0.3) is 0 Å². The predicted molar refractivity (Wildman–Crippen MR) is 85.5 cm³/mol. The third-order valence-electron chi connectivity index (χ3n) is 3.75. The molecule has 21 heavy (non-hydrogen) atoms. The summed E-state index contributed by atoms with van der Waals surface area (Å²) >= 11 is 12.4. The van der Waals surface area contributed by atoms with Crippen LogP contribution in [0.4, 0.5) is 0 Å². The van der Waals surface area contributed by atoms with Gasteiger partial charge in [-0.15, -0.1) is 0 Å². The number of hydrogen-bond donors (Lipinski definition) is 1. The van der Waals surface area contributed by atoms with E-state index in [1.807, 2.05) is 37.3 Å². The molecule has 0 radical (unpaired) electrons. The standard InChI is InChI=1S/C17H16Cl2O2/c1-10-2-3-14(15(19)6-10)16(20)9-12-8-13(18)7-11-4-5-21-17(11)12/h2-3,6-8,16,20H,4-5,9H2,1H3. The van der Waals surface area contributed by atoms with E-state index in [2.05, 4.69) is 0 Å². The topological polar surface area (TPSA) is 29.5 Å². The number of halogens is 2. The highest BCUT2D eigenvalue weighted by molar-refractivity contribution is 6.31. The maximum Gasteiger partial charge on any atom is 0.126 e. The van der Waals surface area contributed by atoms with Crippen molar-refractivity contribution in [2.24, 2.45) is 0 Å². The Morgan fingerprint density at radius 1 is 1.24 bits per heavy atom. The lowest BCUT2D eigenvalue weighted by Crippen LogP contribution is -2.04. The summed E-state index contributed by atoms with van der Waals surface area (Å²) in [5.74, 6) is 0.863. The highest BCUT2D eigenvalue weighted by Gasteiger charge is 2.21. The summed E-state index contributed by atoms with van der Waals surface area (Å²) in [4.78, 5) is 0. The lowest BCUT2D eigenvalue weighted by molar-refractivity contribution is 0.177. The molecule has 2 aromatic rings. The van der Waals surface area contributed by atoms with Gasteiger partial charge in [-0.2, -0.15) is 0 Å². The van der Waals surface area contributed by atoms with Gasteiger partial charge in [0.05, 0.1) is 12.7 Å². The zero-order valence-electron chi connectivity index (χ0n) is 11.7. The number of benzene rings is 2. The van der Waals surface area contributed by atoms with Crippen molar-refractivity contribution in [3.63, 3.8) is 0 Å². The third-order valence-corrected chi connectivity index (χ3v) is 4.30. The number of rotatable bonds is 3. The van der Waals surface area contributed by atoms with Gasteiger partial charge in [-0.05, 0) is 47.4 Å². The van der Waals surface area contributed by atoms with E-state index in [0.717, 1.165) is 34.4 Å². The summed E-state index contributed by atoms with van der Waals surface area (Å²) in [5, 5.41) is 11.7. The van der Waals surface area contributed by atoms with Crippen LogP contribution < -0.4 is 4.74 Å². The van der Waals surface area contributed by atoms with Gasteiger partial charge in [-0.1, -0.05) is 35.3 Å². The first-order valence-corrected chi connectivity index (χ1v) is 7.68. The molecule has 0 aromatic heterocycles. The average molecular weight is 323 g/mol. The molecular formula is C17H16Cl2O2. The molecule has 1 heterocycles. The quantitative estimate of drug-likeness (QED) is 0.900. The first kappa shape index (κ1) is 14.7. The van der Waals surface area contributed by atoms with E-state index in [4.69, 9.17) is 27.9 Å². The lowest BCUT2D eigenvalue weighted by atomic mass is 9.98. The van der Waals surface area contributed by atoms with Crippen LogP contribution in [0.5, 0.6) is 5.75 Å². The Hall–Kier alpha value is -1.22. The van der Waals surface area contributed by atoms with Gasteiger partial charge in [-0.25, -0.2) is 0 Å². The molecule has 4 heteroatoms. The molecule has 0 spiro atoms. The molecule has 1 atom stereocenters. The van der Waals surface area contributed by atoms with Crippen molar-refractivity contribution >= 4 is 23.2 Å². The largest absolute Gasteiger partial charge is 0.493 e. The molecule has 0 bridgehead atoms. The number of hydrogen-bond acceptors (Lipinski definition) is 2. The van der Waals surface area contributed by atoms with E-state index < -0.39 is 6.10 Å². The highest BCUT2D eigenvalue weighted by atomic mass is 35.5. The summed E-state index contributed by atoms with van der Waals surface area (Å²) in [5.41, 5.74) is 3.84. The normalized spacial score (nSPS) is 14.7. The summed E-state index contributed by atoms with van der Waals surface area (Å²) in [6, 6.07) is 9.46. The maximum absolute atomic E-state index is 10.5. The zero-order valence-corrected chi connectivity index (χ0v) is 13.2. The van der Waals surface area contributed by atoms with Crippen LogP contribution in [0.2, 0.25) is 10.0 Å². The molecule has 0 amide bonds. The minimum absolute atomic E-state index is 0.436. The number of aliphatic hydroxyl groups is 1. The van der Waals surface area contributed by atoms with Crippen molar-refractivity contribution in [3.05, 3.63) is 62.6 Å². The summed E-state index contributed by atoms with van der Waals surface area (Å²) in [7, 11) is 0. The summed E-state index contributed by atoms with van der Waals surface area (Å²) in [6.45, 7) is 2.64. The SMILES string of the molecule is Cc1ccc(C(O)Cc2cc(Cl)cc3c2OCC3)c(Cl)c1. The maximum atomic E-state index is 10.5. The molecule has 1 unspecified atom stereocenters. The monoisotopic (exact) mass is 322 g/mol. The van der Waals surface area contributed by atoms with Crippen LogP contribution in [-0.4, -0.2) is 11.7 Å². The van der Waals surface area contributed by atoms with Gasteiger partial charge in [0.15, 0.2) is 0 Å². The second-order valence-corrected chi connectivity index (χ2v) is 6.24. The predicted octanol–water partition coefficient (Wildman–Crippen LogP) is 4.51. The van der Waals surface area contributed by atoms with Crippen molar-refractivity contribution in [2.45, 2.75) is 25.9 Å². The van der Waals surface area contributed by atoms with Crippen molar-refractivity contribution in [2.75, 3.05) is 6.61 Å². The molecule has 0 saturated carbocycles. The summed E-state index contributed by atoms with van der Waals surface area (Å²) < 4.78 is 5.67. The molecule has 1 aliphatic rings. The Morgan fingerprint density at radius 2 is 2.05 bits per heavy atom. The smallest absolute Gasteiger partial charge is 0.126 e. The van der Waals surface area contributed by atoms with Crippen molar-refractivity contribution in [1.82, 2.24) is 0 Å². The minimum Gasteiger partial charge on any atom is -0.493 e. The average Bonchev–Trinajstić information content (AvgIpc) is 2.86. The molecular weight excluding hydrogens is 307 g/mol. The fourth-order valence-electron chi connectivity index (χ4n) is 2.72. The Bertz CT molecular complexity index is 683. The van der Waals surface area contributed by atoms with E-state index in [1.54, 1.807) is 0 Å². The molecule has 0 aliphatic carbocycles.